The number of aryl methyl sites for hydroxylation is 1. The summed E-state index contributed by atoms with van der Waals surface area (Å²) in [6.45, 7) is 1.90. The van der Waals surface area contributed by atoms with Gasteiger partial charge in [0.25, 0.3) is 10.0 Å². The van der Waals surface area contributed by atoms with Crippen LogP contribution in [0.5, 0.6) is 5.75 Å². The standard InChI is InChI=1S/C19H17NO3S/c1-14-10-12-15(13-11-14)24(22,23)20-18-8-4-2-6-16(18)17-7-3-5-9-19(17)21/h2-13,20-21H,1H3. The zero-order chi connectivity index (χ0) is 17.2. The maximum atomic E-state index is 12.6. The molecule has 3 aromatic carbocycles. The van der Waals surface area contributed by atoms with Crippen molar-refractivity contribution in [1.82, 2.24) is 0 Å². The van der Waals surface area contributed by atoms with Gasteiger partial charge in [0.2, 0.25) is 0 Å². The lowest BCUT2D eigenvalue weighted by atomic mass is 10.0. The van der Waals surface area contributed by atoms with E-state index in [0.29, 0.717) is 16.8 Å². The number of para-hydroxylation sites is 2. The van der Waals surface area contributed by atoms with Crippen LogP contribution in [0.4, 0.5) is 5.69 Å². The molecule has 4 nitrogen and oxygen atoms in total. The summed E-state index contributed by atoms with van der Waals surface area (Å²) in [5, 5.41) is 10.1. The summed E-state index contributed by atoms with van der Waals surface area (Å²) >= 11 is 0. The van der Waals surface area contributed by atoms with Crippen molar-refractivity contribution < 1.29 is 13.5 Å². The molecule has 24 heavy (non-hydrogen) atoms. The van der Waals surface area contributed by atoms with E-state index in [9.17, 15) is 13.5 Å². The van der Waals surface area contributed by atoms with Crippen LogP contribution >= 0.6 is 0 Å². The Hall–Kier alpha value is -2.79. The number of rotatable bonds is 4. The minimum absolute atomic E-state index is 0.0967. The van der Waals surface area contributed by atoms with Crippen molar-refractivity contribution in [2.75, 3.05) is 4.72 Å². The molecule has 0 bridgehead atoms. The minimum Gasteiger partial charge on any atom is -0.507 e. The number of phenols is 1. The highest BCUT2D eigenvalue weighted by atomic mass is 32.2. The molecular weight excluding hydrogens is 322 g/mol. The maximum absolute atomic E-state index is 12.6. The van der Waals surface area contributed by atoms with Crippen LogP contribution in [0.15, 0.2) is 77.7 Å². The lowest BCUT2D eigenvalue weighted by Gasteiger charge is -2.14. The van der Waals surface area contributed by atoms with Crippen molar-refractivity contribution in [3.8, 4) is 16.9 Å². The number of benzene rings is 3. The zero-order valence-electron chi connectivity index (χ0n) is 13.1. The molecule has 0 atom stereocenters. The van der Waals surface area contributed by atoms with E-state index >= 15 is 0 Å². The number of anilines is 1. The fraction of sp³-hybridized carbons (Fsp3) is 0.0526. The minimum atomic E-state index is -3.71. The summed E-state index contributed by atoms with van der Waals surface area (Å²) in [6.07, 6.45) is 0. The van der Waals surface area contributed by atoms with Gasteiger partial charge in [-0.2, -0.15) is 0 Å². The highest BCUT2D eigenvalue weighted by molar-refractivity contribution is 7.92. The van der Waals surface area contributed by atoms with E-state index in [0.717, 1.165) is 5.56 Å². The first-order valence-corrected chi connectivity index (χ1v) is 8.92. The second-order valence-corrected chi connectivity index (χ2v) is 7.16. The number of hydrogen-bond acceptors (Lipinski definition) is 3. The maximum Gasteiger partial charge on any atom is 0.261 e. The molecule has 3 aromatic rings. The van der Waals surface area contributed by atoms with E-state index in [-0.39, 0.29) is 10.6 Å². The molecule has 0 spiro atoms. The predicted molar refractivity (Wildman–Crippen MR) is 95.5 cm³/mol. The number of sulfonamides is 1. The van der Waals surface area contributed by atoms with Gasteiger partial charge < -0.3 is 5.11 Å². The van der Waals surface area contributed by atoms with Gasteiger partial charge in [-0.1, -0.05) is 54.1 Å². The average molecular weight is 339 g/mol. The fourth-order valence-electron chi connectivity index (χ4n) is 2.43. The van der Waals surface area contributed by atoms with Crippen LogP contribution in [-0.4, -0.2) is 13.5 Å². The smallest absolute Gasteiger partial charge is 0.261 e. The predicted octanol–water partition coefficient (Wildman–Crippen LogP) is 4.17. The van der Waals surface area contributed by atoms with Crippen molar-refractivity contribution in [2.45, 2.75) is 11.8 Å². The van der Waals surface area contributed by atoms with Crippen LogP contribution in [0.2, 0.25) is 0 Å². The van der Waals surface area contributed by atoms with Crippen LogP contribution in [0.1, 0.15) is 5.56 Å². The highest BCUT2D eigenvalue weighted by Gasteiger charge is 2.17. The topological polar surface area (TPSA) is 66.4 Å². The number of hydrogen-bond donors (Lipinski definition) is 2. The number of phenolic OH excluding ortho intramolecular Hbond substituents is 1. The Balaban J connectivity index is 2.02. The first-order valence-electron chi connectivity index (χ1n) is 7.44. The van der Waals surface area contributed by atoms with Gasteiger partial charge in [-0.05, 0) is 31.2 Å². The molecule has 122 valence electrons. The van der Waals surface area contributed by atoms with Crippen molar-refractivity contribution in [2.24, 2.45) is 0 Å². The van der Waals surface area contributed by atoms with Crippen molar-refractivity contribution in [3.05, 3.63) is 78.4 Å². The highest BCUT2D eigenvalue weighted by Crippen LogP contribution is 2.34. The Morgan fingerprint density at radius 3 is 2.04 bits per heavy atom. The van der Waals surface area contributed by atoms with Gasteiger partial charge in [-0.15, -0.1) is 0 Å². The molecule has 0 saturated carbocycles. The molecule has 0 unspecified atom stereocenters. The van der Waals surface area contributed by atoms with Gasteiger partial charge in [0, 0.05) is 11.1 Å². The molecule has 0 aliphatic carbocycles. The average Bonchev–Trinajstić information content (AvgIpc) is 2.56. The monoisotopic (exact) mass is 339 g/mol. The first-order chi connectivity index (χ1) is 11.5. The SMILES string of the molecule is Cc1ccc(S(=O)(=O)Nc2ccccc2-c2ccccc2O)cc1. The summed E-state index contributed by atoms with van der Waals surface area (Å²) in [5.41, 5.74) is 2.59. The first kappa shape index (κ1) is 16.1. The molecule has 0 aliphatic rings. The van der Waals surface area contributed by atoms with Gasteiger partial charge in [0.1, 0.15) is 5.75 Å². The van der Waals surface area contributed by atoms with E-state index in [1.807, 2.05) is 6.92 Å². The van der Waals surface area contributed by atoms with Crippen LogP contribution in [0, 0.1) is 6.92 Å². The molecule has 0 radical (unpaired) electrons. The van der Waals surface area contributed by atoms with Crippen LogP contribution in [0.3, 0.4) is 0 Å². The van der Waals surface area contributed by atoms with Gasteiger partial charge in [-0.25, -0.2) is 8.42 Å². The fourth-order valence-corrected chi connectivity index (χ4v) is 3.51. The molecule has 2 N–H and O–H groups in total. The zero-order valence-corrected chi connectivity index (χ0v) is 13.9. The lowest BCUT2D eigenvalue weighted by molar-refractivity contribution is 0.477. The molecule has 0 fully saturated rings. The van der Waals surface area contributed by atoms with Gasteiger partial charge >= 0.3 is 0 Å². The number of nitrogens with one attached hydrogen (secondary N) is 1. The van der Waals surface area contributed by atoms with E-state index in [4.69, 9.17) is 0 Å². The Morgan fingerprint density at radius 1 is 0.792 bits per heavy atom. The molecule has 0 aromatic heterocycles. The second-order valence-electron chi connectivity index (χ2n) is 5.48. The molecular formula is C19H17NO3S. The molecule has 3 rings (SSSR count). The van der Waals surface area contributed by atoms with Gasteiger partial charge in [0.05, 0.1) is 10.6 Å². The molecule has 0 amide bonds. The van der Waals surface area contributed by atoms with Crippen LogP contribution < -0.4 is 4.72 Å². The summed E-state index contributed by atoms with van der Waals surface area (Å²) in [5.74, 6) is 0.0967. The Bertz CT molecular complexity index is 964. The summed E-state index contributed by atoms with van der Waals surface area (Å²) in [4.78, 5) is 0.195. The van der Waals surface area contributed by atoms with Gasteiger partial charge in [-0.3, -0.25) is 4.72 Å². The molecule has 0 saturated heterocycles. The van der Waals surface area contributed by atoms with Crippen LogP contribution in [0.25, 0.3) is 11.1 Å². The van der Waals surface area contributed by atoms with E-state index in [1.165, 1.54) is 0 Å². The lowest BCUT2D eigenvalue weighted by Crippen LogP contribution is -2.13. The quantitative estimate of drug-likeness (QED) is 0.750. The summed E-state index contributed by atoms with van der Waals surface area (Å²) in [7, 11) is -3.71. The Labute approximate surface area is 141 Å². The van der Waals surface area contributed by atoms with E-state index in [2.05, 4.69) is 4.72 Å². The van der Waals surface area contributed by atoms with Crippen molar-refractivity contribution >= 4 is 15.7 Å². The second kappa shape index (κ2) is 6.37. The Morgan fingerprint density at radius 2 is 1.38 bits per heavy atom. The third kappa shape index (κ3) is 3.26. The van der Waals surface area contributed by atoms with Crippen LogP contribution in [-0.2, 0) is 10.0 Å². The molecule has 0 aliphatic heterocycles. The van der Waals surface area contributed by atoms with E-state index in [1.54, 1.807) is 72.8 Å². The Kier molecular flexibility index (Phi) is 4.27. The number of aromatic hydroxyl groups is 1. The normalized spacial score (nSPS) is 11.2. The van der Waals surface area contributed by atoms with Gasteiger partial charge in [0.15, 0.2) is 0 Å². The van der Waals surface area contributed by atoms with Crippen molar-refractivity contribution in [1.29, 1.82) is 0 Å². The van der Waals surface area contributed by atoms with E-state index < -0.39 is 10.0 Å². The molecule has 0 heterocycles. The third-order valence-electron chi connectivity index (χ3n) is 3.70. The van der Waals surface area contributed by atoms with Crippen molar-refractivity contribution in [3.63, 3.8) is 0 Å². The third-order valence-corrected chi connectivity index (χ3v) is 5.08. The summed E-state index contributed by atoms with van der Waals surface area (Å²) < 4.78 is 27.8. The largest absolute Gasteiger partial charge is 0.507 e. The summed E-state index contributed by atoms with van der Waals surface area (Å²) in [6, 6.07) is 20.5. The molecule has 5 heteroatoms.